The zero-order chi connectivity index (χ0) is 13.0. The van der Waals surface area contributed by atoms with Crippen LogP contribution < -0.4 is 0 Å². The van der Waals surface area contributed by atoms with Gasteiger partial charge in [0, 0.05) is 31.3 Å². The van der Waals surface area contributed by atoms with Crippen LogP contribution in [0, 0.1) is 17.3 Å². The lowest BCUT2D eigenvalue weighted by Gasteiger charge is -2.53. The molecule has 3 heteroatoms. The molecular formula is C15H24N2O. The highest BCUT2D eigenvalue weighted by atomic mass is 16.2. The van der Waals surface area contributed by atoms with E-state index in [0.29, 0.717) is 17.7 Å². The molecule has 0 aromatic heterocycles. The highest BCUT2D eigenvalue weighted by Gasteiger charge is 2.45. The molecule has 18 heavy (non-hydrogen) atoms. The van der Waals surface area contributed by atoms with Gasteiger partial charge in [-0.2, -0.15) is 0 Å². The molecule has 0 unspecified atom stereocenters. The van der Waals surface area contributed by atoms with Crippen molar-refractivity contribution in [3.63, 3.8) is 0 Å². The molecule has 0 radical (unpaired) electrons. The van der Waals surface area contributed by atoms with Crippen molar-refractivity contribution in [2.45, 2.75) is 39.5 Å². The first kappa shape index (κ1) is 13.4. The van der Waals surface area contributed by atoms with Crippen LogP contribution in [0.3, 0.4) is 0 Å². The van der Waals surface area contributed by atoms with Crippen LogP contribution in [0.15, 0.2) is 0 Å². The van der Waals surface area contributed by atoms with Gasteiger partial charge in [-0.05, 0) is 25.9 Å². The van der Waals surface area contributed by atoms with Gasteiger partial charge in [-0.25, -0.2) is 0 Å². The van der Waals surface area contributed by atoms with E-state index in [2.05, 4.69) is 23.7 Å². The summed E-state index contributed by atoms with van der Waals surface area (Å²) in [6.45, 7) is 9.23. The summed E-state index contributed by atoms with van der Waals surface area (Å²) in [4.78, 5) is 16.0. The summed E-state index contributed by atoms with van der Waals surface area (Å²) in [5, 5.41) is 0. The zero-order valence-corrected chi connectivity index (χ0v) is 11.7. The Kier molecular flexibility index (Phi) is 4.29. The van der Waals surface area contributed by atoms with Crippen LogP contribution in [-0.4, -0.2) is 48.4 Å². The fraction of sp³-hybridized carbons (Fsp3) is 0.800. The van der Waals surface area contributed by atoms with Crippen LogP contribution in [0.1, 0.15) is 39.5 Å². The average molecular weight is 248 g/mol. The number of rotatable bonds is 2. The van der Waals surface area contributed by atoms with Gasteiger partial charge in [0.15, 0.2) is 0 Å². The minimum absolute atomic E-state index is 0.317. The summed E-state index contributed by atoms with van der Waals surface area (Å²) < 4.78 is 0. The number of amides is 1. The van der Waals surface area contributed by atoms with Crippen molar-refractivity contribution in [1.82, 2.24) is 9.80 Å². The van der Waals surface area contributed by atoms with Gasteiger partial charge >= 0.3 is 0 Å². The van der Waals surface area contributed by atoms with E-state index in [9.17, 15) is 4.79 Å². The summed E-state index contributed by atoms with van der Waals surface area (Å²) in [7, 11) is 0. The van der Waals surface area contributed by atoms with Gasteiger partial charge in [-0.15, -0.1) is 5.92 Å². The van der Waals surface area contributed by atoms with Crippen molar-refractivity contribution in [3.8, 4) is 11.8 Å². The maximum Gasteiger partial charge on any atom is 0.222 e. The first-order valence-corrected chi connectivity index (χ1v) is 7.15. The topological polar surface area (TPSA) is 23.6 Å². The van der Waals surface area contributed by atoms with E-state index in [1.807, 2.05) is 11.8 Å². The number of likely N-dealkylation sites (tertiary alicyclic amines) is 2. The number of carbonyl (C=O) groups excluding carboxylic acids is 1. The maximum absolute atomic E-state index is 11.6. The van der Waals surface area contributed by atoms with Gasteiger partial charge in [-0.3, -0.25) is 9.69 Å². The number of piperidine rings is 1. The van der Waals surface area contributed by atoms with Gasteiger partial charge in [-0.1, -0.05) is 19.8 Å². The molecule has 2 heterocycles. The molecule has 1 spiro atoms. The number of nitrogens with zero attached hydrogens (tertiary/aromatic N) is 2. The molecule has 0 N–H and O–H groups in total. The zero-order valence-electron chi connectivity index (χ0n) is 11.7. The van der Waals surface area contributed by atoms with E-state index < -0.39 is 0 Å². The van der Waals surface area contributed by atoms with Crippen LogP contribution in [0.4, 0.5) is 0 Å². The van der Waals surface area contributed by atoms with Gasteiger partial charge in [0.1, 0.15) is 0 Å². The highest BCUT2D eigenvalue weighted by Crippen LogP contribution is 2.40. The Morgan fingerprint density at radius 2 is 1.83 bits per heavy atom. The standard InChI is InChI=1S/C15H24N2O/c1-3-5-6-9-16-10-7-15(8-11-16)12-17(13-15)14(18)4-2/h3-4,7-13H2,1-2H3. The quantitative estimate of drug-likeness (QED) is 0.695. The second-order valence-electron chi connectivity index (χ2n) is 5.59. The molecule has 0 aromatic carbocycles. The molecule has 0 aliphatic carbocycles. The van der Waals surface area contributed by atoms with Crippen molar-refractivity contribution in [2.24, 2.45) is 5.41 Å². The predicted octanol–water partition coefficient (Wildman–Crippen LogP) is 1.73. The molecule has 100 valence electrons. The Hall–Kier alpha value is -1.01. The Balaban J connectivity index is 1.73. The van der Waals surface area contributed by atoms with E-state index in [1.54, 1.807) is 0 Å². The van der Waals surface area contributed by atoms with E-state index in [0.717, 1.165) is 39.1 Å². The molecule has 2 aliphatic heterocycles. The third kappa shape index (κ3) is 2.87. The molecule has 1 amide bonds. The van der Waals surface area contributed by atoms with E-state index in [1.165, 1.54) is 12.8 Å². The Labute approximate surface area is 111 Å². The molecule has 0 saturated carbocycles. The van der Waals surface area contributed by atoms with Gasteiger partial charge in [0.05, 0.1) is 6.54 Å². The second kappa shape index (κ2) is 5.75. The van der Waals surface area contributed by atoms with Crippen molar-refractivity contribution in [3.05, 3.63) is 0 Å². The summed E-state index contributed by atoms with van der Waals surface area (Å²) in [5.41, 5.74) is 0.444. The number of hydrogen-bond donors (Lipinski definition) is 0. The third-order valence-electron chi connectivity index (χ3n) is 4.23. The first-order chi connectivity index (χ1) is 8.69. The molecule has 0 atom stereocenters. The van der Waals surface area contributed by atoms with Gasteiger partial charge < -0.3 is 4.90 Å². The van der Waals surface area contributed by atoms with E-state index in [4.69, 9.17) is 0 Å². The molecular weight excluding hydrogens is 224 g/mol. The summed E-state index contributed by atoms with van der Waals surface area (Å²) in [6.07, 6.45) is 4.06. The smallest absolute Gasteiger partial charge is 0.222 e. The summed E-state index contributed by atoms with van der Waals surface area (Å²) >= 11 is 0. The van der Waals surface area contributed by atoms with Gasteiger partial charge in [0.25, 0.3) is 0 Å². The van der Waals surface area contributed by atoms with Crippen LogP contribution in [-0.2, 0) is 4.79 Å². The van der Waals surface area contributed by atoms with Crippen molar-refractivity contribution in [1.29, 1.82) is 0 Å². The Morgan fingerprint density at radius 1 is 1.17 bits per heavy atom. The fourth-order valence-corrected chi connectivity index (χ4v) is 2.96. The van der Waals surface area contributed by atoms with Crippen molar-refractivity contribution >= 4 is 5.91 Å². The second-order valence-corrected chi connectivity index (χ2v) is 5.59. The molecule has 3 nitrogen and oxygen atoms in total. The molecule has 2 rings (SSSR count). The van der Waals surface area contributed by atoms with E-state index in [-0.39, 0.29) is 0 Å². The minimum Gasteiger partial charge on any atom is -0.341 e. The highest BCUT2D eigenvalue weighted by molar-refractivity contribution is 5.76. The van der Waals surface area contributed by atoms with E-state index >= 15 is 0 Å². The first-order valence-electron chi connectivity index (χ1n) is 7.15. The SMILES string of the molecule is CCC#CCN1CCC2(CC1)CN(C(=O)CC)C2. The predicted molar refractivity (Wildman–Crippen MR) is 73.0 cm³/mol. The maximum atomic E-state index is 11.6. The fourth-order valence-electron chi connectivity index (χ4n) is 2.96. The molecule has 2 aliphatic rings. The van der Waals surface area contributed by atoms with Crippen molar-refractivity contribution in [2.75, 3.05) is 32.7 Å². The Bertz CT molecular complexity index is 350. The summed E-state index contributed by atoms with van der Waals surface area (Å²) in [6, 6.07) is 0. The van der Waals surface area contributed by atoms with Crippen LogP contribution in [0.25, 0.3) is 0 Å². The Morgan fingerprint density at radius 3 is 2.39 bits per heavy atom. The number of hydrogen-bond acceptors (Lipinski definition) is 2. The molecule has 2 fully saturated rings. The number of carbonyl (C=O) groups is 1. The molecule has 2 saturated heterocycles. The average Bonchev–Trinajstić information content (AvgIpc) is 2.36. The molecule has 0 bridgehead atoms. The lowest BCUT2D eigenvalue weighted by atomic mass is 9.72. The van der Waals surface area contributed by atoms with Crippen molar-refractivity contribution < 1.29 is 4.79 Å². The normalized spacial score (nSPS) is 22.2. The lowest BCUT2D eigenvalue weighted by molar-refractivity contribution is -0.146. The largest absolute Gasteiger partial charge is 0.341 e. The third-order valence-corrected chi connectivity index (χ3v) is 4.23. The monoisotopic (exact) mass is 248 g/mol. The summed E-state index contributed by atoms with van der Waals surface area (Å²) in [5.74, 6) is 6.66. The van der Waals surface area contributed by atoms with Gasteiger partial charge in [0.2, 0.25) is 5.91 Å². The van der Waals surface area contributed by atoms with Crippen LogP contribution in [0.5, 0.6) is 0 Å². The van der Waals surface area contributed by atoms with Crippen LogP contribution in [0.2, 0.25) is 0 Å². The minimum atomic E-state index is 0.317. The molecule has 0 aromatic rings. The van der Waals surface area contributed by atoms with Crippen LogP contribution >= 0.6 is 0 Å². The lowest BCUT2D eigenvalue weighted by Crippen LogP contribution is -2.61.